The number of hydrogen-bond acceptors (Lipinski definition) is 5. The lowest BCUT2D eigenvalue weighted by Gasteiger charge is -2.27. The van der Waals surface area contributed by atoms with Gasteiger partial charge < -0.3 is 14.8 Å². The van der Waals surface area contributed by atoms with E-state index in [0.29, 0.717) is 42.5 Å². The summed E-state index contributed by atoms with van der Waals surface area (Å²) in [6.45, 7) is 4.61. The van der Waals surface area contributed by atoms with E-state index in [4.69, 9.17) is 9.47 Å². The molecule has 8 heteroatoms. The SMILES string of the molecule is CC(=O)Nc1ccc(C)c(S(=O)(=O)N2CCCC2c2ccc3c(c2)OCCO3)c1. The zero-order valence-corrected chi connectivity index (χ0v) is 17.3. The molecule has 2 aromatic carbocycles. The standard InChI is InChI=1S/C21H24N2O5S/c1-14-5-7-17(22-15(2)24)13-21(14)29(25,26)23-9-3-4-18(23)16-6-8-19-20(12-16)28-11-10-27-19/h5-8,12-13,18H,3-4,9-11H2,1-2H3,(H,22,24). The Morgan fingerprint density at radius 1 is 1.10 bits per heavy atom. The van der Waals surface area contributed by atoms with Gasteiger partial charge in [0.25, 0.3) is 0 Å². The molecule has 2 aliphatic heterocycles. The second kappa shape index (κ2) is 7.68. The van der Waals surface area contributed by atoms with Crippen LogP contribution in [-0.2, 0) is 14.8 Å². The number of ether oxygens (including phenoxy) is 2. The molecular formula is C21H24N2O5S. The predicted octanol–water partition coefficient (Wildman–Crippen LogP) is 3.25. The smallest absolute Gasteiger partial charge is 0.243 e. The molecule has 7 nitrogen and oxygen atoms in total. The van der Waals surface area contributed by atoms with Crippen molar-refractivity contribution in [1.82, 2.24) is 4.31 Å². The molecule has 4 rings (SSSR count). The lowest BCUT2D eigenvalue weighted by Crippen LogP contribution is -2.31. The van der Waals surface area contributed by atoms with E-state index in [2.05, 4.69) is 5.32 Å². The highest BCUT2D eigenvalue weighted by Gasteiger charge is 2.37. The molecule has 0 aromatic heterocycles. The highest BCUT2D eigenvalue weighted by atomic mass is 32.2. The lowest BCUT2D eigenvalue weighted by atomic mass is 10.0. The van der Waals surface area contributed by atoms with E-state index >= 15 is 0 Å². The molecule has 0 bridgehead atoms. The van der Waals surface area contributed by atoms with Crippen LogP contribution in [0.1, 0.15) is 36.9 Å². The van der Waals surface area contributed by atoms with Gasteiger partial charge in [-0.3, -0.25) is 4.79 Å². The Hall–Kier alpha value is -2.58. The first-order valence-electron chi connectivity index (χ1n) is 9.66. The van der Waals surface area contributed by atoms with Gasteiger partial charge in [0.15, 0.2) is 11.5 Å². The molecule has 154 valence electrons. The summed E-state index contributed by atoms with van der Waals surface area (Å²) in [6, 6.07) is 10.3. The molecular weight excluding hydrogens is 392 g/mol. The molecule has 2 heterocycles. The van der Waals surface area contributed by atoms with E-state index in [1.165, 1.54) is 13.0 Å². The average molecular weight is 416 g/mol. The maximum Gasteiger partial charge on any atom is 0.243 e. The van der Waals surface area contributed by atoms with E-state index in [1.54, 1.807) is 23.4 Å². The first-order chi connectivity index (χ1) is 13.9. The first-order valence-corrected chi connectivity index (χ1v) is 11.1. The summed E-state index contributed by atoms with van der Waals surface area (Å²) in [7, 11) is -3.74. The molecule has 29 heavy (non-hydrogen) atoms. The summed E-state index contributed by atoms with van der Waals surface area (Å²) in [5.74, 6) is 1.10. The quantitative estimate of drug-likeness (QED) is 0.827. The van der Waals surface area contributed by atoms with Gasteiger partial charge in [-0.25, -0.2) is 8.42 Å². The average Bonchev–Trinajstić information content (AvgIpc) is 3.19. The number of amides is 1. The second-order valence-corrected chi connectivity index (χ2v) is 9.20. The number of rotatable bonds is 4. The molecule has 0 radical (unpaired) electrons. The van der Waals surface area contributed by atoms with Crippen LogP contribution in [0.5, 0.6) is 11.5 Å². The highest BCUT2D eigenvalue weighted by Crippen LogP contribution is 2.41. The maximum absolute atomic E-state index is 13.5. The van der Waals surface area contributed by atoms with E-state index in [-0.39, 0.29) is 16.8 Å². The van der Waals surface area contributed by atoms with Crippen molar-refractivity contribution >= 4 is 21.6 Å². The predicted molar refractivity (Wildman–Crippen MR) is 109 cm³/mol. The van der Waals surface area contributed by atoms with E-state index in [0.717, 1.165) is 18.4 Å². The van der Waals surface area contributed by atoms with Gasteiger partial charge in [0.1, 0.15) is 13.2 Å². The zero-order chi connectivity index (χ0) is 20.6. The Morgan fingerprint density at radius 2 is 1.86 bits per heavy atom. The molecule has 1 N–H and O–H groups in total. The molecule has 1 saturated heterocycles. The Bertz CT molecular complexity index is 1050. The van der Waals surface area contributed by atoms with Gasteiger partial charge in [-0.15, -0.1) is 0 Å². The van der Waals surface area contributed by atoms with Crippen molar-refractivity contribution in [3.05, 3.63) is 47.5 Å². The molecule has 0 spiro atoms. The van der Waals surface area contributed by atoms with Crippen molar-refractivity contribution in [3.8, 4) is 11.5 Å². The Kier molecular flexibility index (Phi) is 5.23. The fraction of sp³-hybridized carbons (Fsp3) is 0.381. The van der Waals surface area contributed by atoms with E-state index in [9.17, 15) is 13.2 Å². The Morgan fingerprint density at radius 3 is 2.62 bits per heavy atom. The summed E-state index contributed by atoms with van der Waals surface area (Å²) in [6.07, 6.45) is 1.52. The number of sulfonamides is 1. The van der Waals surface area contributed by atoms with Crippen molar-refractivity contribution in [1.29, 1.82) is 0 Å². The van der Waals surface area contributed by atoms with Crippen LogP contribution in [0.25, 0.3) is 0 Å². The number of aryl methyl sites for hydroxylation is 1. The Balaban J connectivity index is 1.69. The number of anilines is 1. The highest BCUT2D eigenvalue weighted by molar-refractivity contribution is 7.89. The first kappa shape index (κ1) is 19.7. The van der Waals surface area contributed by atoms with Gasteiger partial charge in [0.05, 0.1) is 10.9 Å². The fourth-order valence-electron chi connectivity index (χ4n) is 3.91. The molecule has 0 saturated carbocycles. The topological polar surface area (TPSA) is 84.9 Å². The molecule has 1 amide bonds. The summed E-state index contributed by atoms with van der Waals surface area (Å²) in [4.78, 5) is 11.6. The van der Waals surface area contributed by atoms with Crippen molar-refractivity contribution in [3.63, 3.8) is 0 Å². The van der Waals surface area contributed by atoms with Crippen LogP contribution in [0, 0.1) is 6.92 Å². The van der Waals surface area contributed by atoms with Crippen LogP contribution in [0.2, 0.25) is 0 Å². The van der Waals surface area contributed by atoms with Gasteiger partial charge in [0.2, 0.25) is 15.9 Å². The molecule has 1 atom stereocenters. The van der Waals surface area contributed by atoms with Crippen LogP contribution >= 0.6 is 0 Å². The molecule has 1 unspecified atom stereocenters. The van der Waals surface area contributed by atoms with Crippen LogP contribution in [0.3, 0.4) is 0 Å². The third kappa shape index (κ3) is 3.82. The van der Waals surface area contributed by atoms with Gasteiger partial charge in [-0.1, -0.05) is 12.1 Å². The van der Waals surface area contributed by atoms with E-state index in [1.807, 2.05) is 18.2 Å². The van der Waals surface area contributed by atoms with Crippen LogP contribution < -0.4 is 14.8 Å². The van der Waals surface area contributed by atoms with Crippen molar-refractivity contribution in [2.45, 2.75) is 37.6 Å². The minimum absolute atomic E-state index is 0.216. The lowest BCUT2D eigenvalue weighted by molar-refractivity contribution is -0.114. The number of hydrogen-bond donors (Lipinski definition) is 1. The maximum atomic E-state index is 13.5. The second-order valence-electron chi connectivity index (χ2n) is 7.34. The van der Waals surface area contributed by atoms with Crippen LogP contribution in [0.4, 0.5) is 5.69 Å². The molecule has 2 aromatic rings. The van der Waals surface area contributed by atoms with Crippen LogP contribution in [0.15, 0.2) is 41.3 Å². The number of nitrogens with one attached hydrogen (secondary N) is 1. The molecule has 0 aliphatic carbocycles. The third-order valence-corrected chi connectivity index (χ3v) is 7.30. The minimum Gasteiger partial charge on any atom is -0.486 e. The van der Waals surface area contributed by atoms with Gasteiger partial charge in [-0.2, -0.15) is 4.31 Å². The van der Waals surface area contributed by atoms with Crippen molar-refractivity contribution in [2.75, 3.05) is 25.1 Å². The number of carbonyl (C=O) groups excluding carboxylic acids is 1. The van der Waals surface area contributed by atoms with Gasteiger partial charge in [-0.05, 0) is 55.2 Å². The number of nitrogens with zero attached hydrogens (tertiary/aromatic N) is 1. The number of carbonyl (C=O) groups is 1. The monoisotopic (exact) mass is 416 g/mol. The fourth-order valence-corrected chi connectivity index (χ4v) is 5.85. The summed E-state index contributed by atoms with van der Waals surface area (Å²) in [5.41, 5.74) is 2.01. The van der Waals surface area contributed by atoms with E-state index < -0.39 is 10.0 Å². The van der Waals surface area contributed by atoms with Crippen molar-refractivity contribution in [2.24, 2.45) is 0 Å². The zero-order valence-electron chi connectivity index (χ0n) is 16.5. The minimum atomic E-state index is -3.74. The molecule has 2 aliphatic rings. The number of fused-ring (bicyclic) bond motifs is 1. The summed E-state index contributed by atoms with van der Waals surface area (Å²) < 4.78 is 39.8. The normalized spacial score (nSPS) is 19.2. The van der Waals surface area contributed by atoms with Gasteiger partial charge >= 0.3 is 0 Å². The van der Waals surface area contributed by atoms with Gasteiger partial charge in [0, 0.05) is 19.2 Å². The molecule has 1 fully saturated rings. The van der Waals surface area contributed by atoms with Crippen molar-refractivity contribution < 1.29 is 22.7 Å². The number of benzene rings is 2. The Labute approximate surface area is 170 Å². The van der Waals surface area contributed by atoms with Crippen LogP contribution in [-0.4, -0.2) is 38.4 Å². The summed E-state index contributed by atoms with van der Waals surface area (Å²) >= 11 is 0. The third-order valence-electron chi connectivity index (χ3n) is 5.25. The largest absolute Gasteiger partial charge is 0.486 e. The summed E-state index contributed by atoms with van der Waals surface area (Å²) in [5, 5.41) is 2.66.